The number of hydrogen-bond acceptors (Lipinski definition) is 3. The molecule has 0 bridgehead atoms. The van der Waals surface area contributed by atoms with Gasteiger partial charge in [-0.3, -0.25) is 10.3 Å². The first-order chi connectivity index (χ1) is 4.88. The van der Waals surface area contributed by atoms with Crippen molar-refractivity contribution in [3.05, 3.63) is 0 Å². The third-order valence-corrected chi connectivity index (χ3v) is 1.82. The van der Waals surface area contributed by atoms with E-state index in [1.807, 2.05) is 6.19 Å². The predicted molar refractivity (Wildman–Crippen MR) is 39.4 cm³/mol. The van der Waals surface area contributed by atoms with Crippen molar-refractivity contribution < 1.29 is 0 Å². The standard InChI is InChI=1S/C7H11N3/c1-2-6-3-4-9-7(6)10-5-8/h6H,2-4H2,1H3,(H,9,10). The van der Waals surface area contributed by atoms with Crippen LogP contribution in [0, 0.1) is 17.4 Å². The molecule has 0 aliphatic carbocycles. The molecule has 1 aliphatic rings. The van der Waals surface area contributed by atoms with Crippen LogP contribution in [0.1, 0.15) is 19.8 Å². The number of nitrogens with zero attached hydrogens (tertiary/aromatic N) is 2. The molecule has 0 radical (unpaired) electrons. The molecule has 3 heteroatoms. The molecule has 0 fully saturated rings. The summed E-state index contributed by atoms with van der Waals surface area (Å²) in [4.78, 5) is 4.16. The second-order valence-electron chi connectivity index (χ2n) is 2.40. The number of nitriles is 1. The van der Waals surface area contributed by atoms with Crippen LogP contribution in [0.2, 0.25) is 0 Å². The molecule has 0 saturated heterocycles. The van der Waals surface area contributed by atoms with Gasteiger partial charge in [-0.05, 0) is 12.8 Å². The Morgan fingerprint density at radius 3 is 3.30 bits per heavy atom. The van der Waals surface area contributed by atoms with E-state index < -0.39 is 0 Å². The van der Waals surface area contributed by atoms with Crippen LogP contribution in [0.5, 0.6) is 0 Å². The highest BCUT2D eigenvalue weighted by Gasteiger charge is 2.17. The second-order valence-corrected chi connectivity index (χ2v) is 2.40. The van der Waals surface area contributed by atoms with Gasteiger partial charge in [0.1, 0.15) is 5.84 Å². The van der Waals surface area contributed by atoms with Crippen molar-refractivity contribution in [2.45, 2.75) is 19.8 Å². The van der Waals surface area contributed by atoms with Gasteiger partial charge < -0.3 is 0 Å². The molecule has 1 N–H and O–H groups in total. The zero-order chi connectivity index (χ0) is 7.40. The predicted octanol–water partition coefficient (Wildman–Crippen LogP) is 0.885. The van der Waals surface area contributed by atoms with Crippen molar-refractivity contribution in [1.82, 2.24) is 5.32 Å². The first kappa shape index (κ1) is 7.07. The number of rotatable bonds is 1. The normalized spacial score (nSPS) is 23.6. The van der Waals surface area contributed by atoms with Gasteiger partial charge in [-0.1, -0.05) is 6.92 Å². The van der Waals surface area contributed by atoms with Crippen LogP contribution < -0.4 is 5.32 Å². The fourth-order valence-electron chi connectivity index (χ4n) is 1.20. The van der Waals surface area contributed by atoms with Crippen molar-refractivity contribution in [1.29, 1.82) is 5.26 Å². The topological polar surface area (TPSA) is 48.2 Å². The maximum atomic E-state index is 8.30. The largest absolute Gasteiger partial charge is 0.280 e. The van der Waals surface area contributed by atoms with Crippen LogP contribution in [-0.4, -0.2) is 12.4 Å². The minimum absolute atomic E-state index is 0.500. The quantitative estimate of drug-likeness (QED) is 0.431. The first-order valence-corrected chi connectivity index (χ1v) is 3.58. The lowest BCUT2D eigenvalue weighted by Gasteiger charge is -2.05. The van der Waals surface area contributed by atoms with Gasteiger partial charge in [0.2, 0.25) is 0 Å². The number of hydrogen-bond donors (Lipinski definition) is 1. The lowest BCUT2D eigenvalue weighted by atomic mass is 10.0. The summed E-state index contributed by atoms with van der Waals surface area (Å²) < 4.78 is 0. The number of aliphatic imine (C=N–C) groups is 1. The zero-order valence-electron chi connectivity index (χ0n) is 6.09. The summed E-state index contributed by atoms with van der Waals surface area (Å²) in [6.45, 7) is 2.99. The van der Waals surface area contributed by atoms with E-state index in [9.17, 15) is 0 Å². The Labute approximate surface area is 60.8 Å². The molecule has 1 rings (SSSR count). The summed E-state index contributed by atoms with van der Waals surface area (Å²) in [5.74, 6) is 1.38. The molecule has 1 unspecified atom stereocenters. The fourth-order valence-corrected chi connectivity index (χ4v) is 1.20. The maximum Gasteiger partial charge on any atom is 0.182 e. The Kier molecular flexibility index (Phi) is 2.27. The van der Waals surface area contributed by atoms with Crippen LogP contribution in [0.3, 0.4) is 0 Å². The van der Waals surface area contributed by atoms with Gasteiger partial charge in [0, 0.05) is 12.5 Å². The summed E-state index contributed by atoms with van der Waals surface area (Å²) in [5.41, 5.74) is 0. The Balaban J connectivity index is 2.49. The molecule has 0 aromatic rings. The Hall–Kier alpha value is -1.04. The van der Waals surface area contributed by atoms with Crippen LogP contribution in [-0.2, 0) is 0 Å². The van der Waals surface area contributed by atoms with E-state index in [0.717, 1.165) is 25.2 Å². The summed E-state index contributed by atoms with van der Waals surface area (Å²) in [5, 5.41) is 10.9. The average Bonchev–Trinajstić information content (AvgIpc) is 2.36. The summed E-state index contributed by atoms with van der Waals surface area (Å²) in [7, 11) is 0. The van der Waals surface area contributed by atoms with Gasteiger partial charge in [-0.25, -0.2) is 0 Å². The van der Waals surface area contributed by atoms with Crippen molar-refractivity contribution in [3.63, 3.8) is 0 Å². The van der Waals surface area contributed by atoms with Gasteiger partial charge in [-0.15, -0.1) is 0 Å². The lowest BCUT2D eigenvalue weighted by molar-refractivity contribution is 0.647. The molecule has 0 saturated carbocycles. The molecular weight excluding hydrogens is 126 g/mol. The monoisotopic (exact) mass is 137 g/mol. The van der Waals surface area contributed by atoms with Gasteiger partial charge in [0.15, 0.2) is 6.19 Å². The van der Waals surface area contributed by atoms with Crippen LogP contribution >= 0.6 is 0 Å². The van der Waals surface area contributed by atoms with Crippen molar-refractivity contribution >= 4 is 5.84 Å². The highest BCUT2D eigenvalue weighted by molar-refractivity contribution is 5.87. The van der Waals surface area contributed by atoms with E-state index in [1.54, 1.807) is 0 Å². The van der Waals surface area contributed by atoms with E-state index in [4.69, 9.17) is 5.26 Å². The molecule has 0 aromatic heterocycles. The van der Waals surface area contributed by atoms with E-state index in [2.05, 4.69) is 17.2 Å². The van der Waals surface area contributed by atoms with Crippen molar-refractivity contribution in [2.75, 3.05) is 6.54 Å². The molecule has 54 valence electrons. The van der Waals surface area contributed by atoms with Crippen LogP contribution in [0.15, 0.2) is 4.99 Å². The highest BCUT2D eigenvalue weighted by Crippen LogP contribution is 2.15. The summed E-state index contributed by atoms with van der Waals surface area (Å²) in [6, 6.07) is 0. The van der Waals surface area contributed by atoms with Gasteiger partial charge >= 0.3 is 0 Å². The third kappa shape index (κ3) is 1.27. The van der Waals surface area contributed by atoms with E-state index >= 15 is 0 Å². The molecule has 0 spiro atoms. The molecule has 0 aromatic carbocycles. The van der Waals surface area contributed by atoms with Gasteiger partial charge in [0.25, 0.3) is 0 Å². The van der Waals surface area contributed by atoms with Crippen LogP contribution in [0.25, 0.3) is 0 Å². The number of amidine groups is 1. The van der Waals surface area contributed by atoms with Crippen molar-refractivity contribution in [2.24, 2.45) is 10.9 Å². The first-order valence-electron chi connectivity index (χ1n) is 3.58. The minimum Gasteiger partial charge on any atom is -0.280 e. The summed E-state index contributed by atoms with van der Waals surface area (Å²) in [6.07, 6.45) is 4.07. The zero-order valence-corrected chi connectivity index (χ0v) is 6.09. The molecule has 1 heterocycles. The highest BCUT2D eigenvalue weighted by atomic mass is 15.0. The Morgan fingerprint density at radius 2 is 2.70 bits per heavy atom. The lowest BCUT2D eigenvalue weighted by Crippen LogP contribution is -2.23. The Bertz CT molecular complexity index is 178. The SMILES string of the molecule is CCC1CCN=C1NC#N. The smallest absolute Gasteiger partial charge is 0.182 e. The Morgan fingerprint density at radius 1 is 1.90 bits per heavy atom. The summed E-state index contributed by atoms with van der Waals surface area (Å²) >= 11 is 0. The maximum absolute atomic E-state index is 8.30. The molecule has 0 amide bonds. The molecule has 1 aliphatic heterocycles. The van der Waals surface area contributed by atoms with Gasteiger partial charge in [-0.2, -0.15) is 5.26 Å². The molecular formula is C7H11N3. The third-order valence-electron chi connectivity index (χ3n) is 1.82. The van der Waals surface area contributed by atoms with E-state index in [0.29, 0.717) is 5.92 Å². The van der Waals surface area contributed by atoms with E-state index in [1.165, 1.54) is 0 Å². The minimum atomic E-state index is 0.500. The van der Waals surface area contributed by atoms with E-state index in [-0.39, 0.29) is 0 Å². The van der Waals surface area contributed by atoms with Crippen LogP contribution in [0.4, 0.5) is 0 Å². The fraction of sp³-hybridized carbons (Fsp3) is 0.714. The molecule has 1 atom stereocenters. The average molecular weight is 137 g/mol. The van der Waals surface area contributed by atoms with Gasteiger partial charge in [0.05, 0.1) is 0 Å². The molecule has 3 nitrogen and oxygen atoms in total. The van der Waals surface area contributed by atoms with Crippen molar-refractivity contribution in [3.8, 4) is 6.19 Å². The molecule has 10 heavy (non-hydrogen) atoms. The number of nitrogens with one attached hydrogen (secondary N) is 1. The second kappa shape index (κ2) is 3.21.